The lowest BCUT2D eigenvalue weighted by Gasteiger charge is -2.06. The molecule has 1 amide bonds. The number of rotatable bonds is 2. The van der Waals surface area contributed by atoms with Crippen molar-refractivity contribution in [1.82, 2.24) is 5.32 Å². The predicted molar refractivity (Wildman–Crippen MR) is 73.3 cm³/mol. The summed E-state index contributed by atoms with van der Waals surface area (Å²) in [6.07, 6.45) is 6.71. The van der Waals surface area contributed by atoms with Crippen molar-refractivity contribution in [2.24, 2.45) is 0 Å². The van der Waals surface area contributed by atoms with Crippen LogP contribution in [0.5, 0.6) is 0 Å². The molecule has 2 heteroatoms. The van der Waals surface area contributed by atoms with Gasteiger partial charge in [0.2, 0.25) is 0 Å². The van der Waals surface area contributed by atoms with Crippen molar-refractivity contribution in [3.63, 3.8) is 0 Å². The topological polar surface area (TPSA) is 29.1 Å². The van der Waals surface area contributed by atoms with Crippen molar-refractivity contribution in [2.75, 3.05) is 0 Å². The van der Waals surface area contributed by atoms with E-state index in [9.17, 15) is 4.79 Å². The molecule has 0 saturated carbocycles. The minimum Gasteiger partial charge on any atom is -0.325 e. The summed E-state index contributed by atoms with van der Waals surface area (Å²) in [5, 5.41) is 5.16. The zero-order chi connectivity index (χ0) is 12.4. The van der Waals surface area contributed by atoms with Gasteiger partial charge in [-0.2, -0.15) is 0 Å². The lowest BCUT2D eigenvalue weighted by atomic mass is 10.1. The molecule has 1 N–H and O–H groups in total. The Balaban J connectivity index is 1.87. The molecule has 3 rings (SSSR count). The largest absolute Gasteiger partial charge is 0.325 e. The van der Waals surface area contributed by atoms with E-state index in [0.717, 1.165) is 22.9 Å². The van der Waals surface area contributed by atoms with Gasteiger partial charge in [0.25, 0.3) is 5.91 Å². The minimum absolute atomic E-state index is 0.0456. The van der Waals surface area contributed by atoms with Gasteiger partial charge in [0, 0.05) is 17.7 Å². The minimum atomic E-state index is -0.0456. The maximum absolute atomic E-state index is 12.1. The quantitative estimate of drug-likeness (QED) is 0.849. The molecule has 18 heavy (non-hydrogen) atoms. The fourth-order valence-corrected chi connectivity index (χ4v) is 2.09. The summed E-state index contributed by atoms with van der Waals surface area (Å²) in [6.45, 7) is 0. The average molecular weight is 235 g/mol. The third-order valence-electron chi connectivity index (χ3n) is 3.06. The maximum Gasteiger partial charge on any atom is 0.255 e. The molecule has 0 atom stereocenters. The molecule has 0 spiro atoms. The van der Waals surface area contributed by atoms with Crippen LogP contribution in [-0.2, 0) is 0 Å². The van der Waals surface area contributed by atoms with Gasteiger partial charge in [-0.3, -0.25) is 4.79 Å². The van der Waals surface area contributed by atoms with Gasteiger partial charge in [-0.25, -0.2) is 0 Å². The van der Waals surface area contributed by atoms with Crippen molar-refractivity contribution in [2.45, 2.75) is 6.42 Å². The molecule has 2 aromatic carbocycles. The van der Waals surface area contributed by atoms with Crippen molar-refractivity contribution in [3.05, 3.63) is 72.0 Å². The predicted octanol–water partition coefficient (Wildman–Crippen LogP) is 3.41. The van der Waals surface area contributed by atoms with Gasteiger partial charge in [0.1, 0.15) is 0 Å². The highest BCUT2D eigenvalue weighted by atomic mass is 16.1. The van der Waals surface area contributed by atoms with Gasteiger partial charge in [-0.1, -0.05) is 42.5 Å². The summed E-state index contributed by atoms with van der Waals surface area (Å²) in [5.74, 6) is -0.0456. The Bertz CT molecular complexity index is 668. The Labute approximate surface area is 106 Å². The number of hydrogen-bond acceptors (Lipinski definition) is 1. The van der Waals surface area contributed by atoms with Crippen LogP contribution < -0.4 is 5.32 Å². The summed E-state index contributed by atoms with van der Waals surface area (Å²) in [5.41, 5.74) is 1.65. The lowest BCUT2D eigenvalue weighted by Crippen LogP contribution is -2.21. The van der Waals surface area contributed by atoms with Gasteiger partial charge < -0.3 is 5.32 Å². The summed E-state index contributed by atoms with van der Waals surface area (Å²) in [7, 11) is 0. The van der Waals surface area contributed by atoms with Crippen LogP contribution in [0.2, 0.25) is 0 Å². The molecule has 0 saturated heterocycles. The summed E-state index contributed by atoms with van der Waals surface area (Å²) in [6, 6.07) is 13.8. The van der Waals surface area contributed by atoms with Gasteiger partial charge >= 0.3 is 0 Å². The SMILES string of the molecule is O=C(NC1=CC=CC1)c1ccc2ccccc2c1. The maximum atomic E-state index is 12.1. The fraction of sp³-hybridized carbons (Fsp3) is 0.0625. The monoisotopic (exact) mass is 235 g/mol. The number of nitrogens with one attached hydrogen (secondary N) is 1. The molecular weight excluding hydrogens is 222 g/mol. The average Bonchev–Trinajstić information content (AvgIpc) is 2.91. The molecular formula is C16H13NO. The van der Waals surface area contributed by atoms with Crippen molar-refractivity contribution < 1.29 is 4.79 Å². The number of carbonyl (C=O) groups is 1. The molecule has 2 nitrogen and oxygen atoms in total. The molecule has 1 aliphatic carbocycles. The lowest BCUT2D eigenvalue weighted by molar-refractivity contribution is 0.0965. The normalized spacial score (nSPS) is 13.7. The Morgan fingerprint density at radius 2 is 1.89 bits per heavy atom. The molecule has 0 radical (unpaired) electrons. The van der Waals surface area contributed by atoms with Crippen LogP contribution >= 0.6 is 0 Å². The molecule has 1 aliphatic rings. The highest BCUT2D eigenvalue weighted by molar-refractivity contribution is 5.99. The Hall–Kier alpha value is -2.35. The van der Waals surface area contributed by atoms with Crippen LogP contribution in [0.4, 0.5) is 0 Å². The number of carbonyl (C=O) groups excluding carboxylic acids is 1. The zero-order valence-corrected chi connectivity index (χ0v) is 9.89. The molecule has 0 bridgehead atoms. The highest BCUT2D eigenvalue weighted by Crippen LogP contribution is 2.16. The second-order valence-electron chi connectivity index (χ2n) is 4.34. The van der Waals surface area contributed by atoms with E-state index in [1.54, 1.807) is 0 Å². The van der Waals surface area contributed by atoms with E-state index in [2.05, 4.69) is 5.32 Å². The van der Waals surface area contributed by atoms with Crippen LogP contribution in [0.3, 0.4) is 0 Å². The highest BCUT2D eigenvalue weighted by Gasteiger charge is 2.08. The van der Waals surface area contributed by atoms with E-state index in [1.807, 2.05) is 60.7 Å². The van der Waals surface area contributed by atoms with Gasteiger partial charge in [-0.15, -0.1) is 0 Å². The Morgan fingerprint density at radius 3 is 2.67 bits per heavy atom. The first kappa shape index (κ1) is 10.8. The number of amides is 1. The molecule has 2 aromatic rings. The van der Waals surface area contributed by atoms with Crippen LogP contribution in [0, 0.1) is 0 Å². The van der Waals surface area contributed by atoms with Gasteiger partial charge in [0.15, 0.2) is 0 Å². The van der Waals surface area contributed by atoms with Crippen LogP contribution in [0.1, 0.15) is 16.8 Å². The fourth-order valence-electron chi connectivity index (χ4n) is 2.09. The second-order valence-corrected chi connectivity index (χ2v) is 4.34. The summed E-state index contributed by atoms with van der Waals surface area (Å²) in [4.78, 5) is 12.1. The molecule has 0 heterocycles. The van der Waals surface area contributed by atoms with E-state index >= 15 is 0 Å². The van der Waals surface area contributed by atoms with E-state index < -0.39 is 0 Å². The van der Waals surface area contributed by atoms with Gasteiger partial charge in [0.05, 0.1) is 0 Å². The van der Waals surface area contributed by atoms with E-state index in [0.29, 0.717) is 5.56 Å². The zero-order valence-electron chi connectivity index (χ0n) is 9.89. The van der Waals surface area contributed by atoms with Crippen molar-refractivity contribution in [1.29, 1.82) is 0 Å². The van der Waals surface area contributed by atoms with E-state index in [4.69, 9.17) is 0 Å². The van der Waals surface area contributed by atoms with Crippen molar-refractivity contribution in [3.8, 4) is 0 Å². The van der Waals surface area contributed by atoms with E-state index in [-0.39, 0.29) is 5.91 Å². The number of fused-ring (bicyclic) bond motifs is 1. The molecule has 0 fully saturated rings. The first-order valence-corrected chi connectivity index (χ1v) is 5.99. The first-order chi connectivity index (χ1) is 8.83. The molecule has 0 aromatic heterocycles. The third-order valence-corrected chi connectivity index (χ3v) is 3.06. The third kappa shape index (κ3) is 2.05. The number of benzene rings is 2. The Morgan fingerprint density at radius 1 is 1.06 bits per heavy atom. The molecule has 88 valence electrons. The molecule has 0 unspecified atom stereocenters. The van der Waals surface area contributed by atoms with Crippen LogP contribution in [-0.4, -0.2) is 5.91 Å². The van der Waals surface area contributed by atoms with Crippen LogP contribution in [0.25, 0.3) is 10.8 Å². The molecule has 0 aliphatic heterocycles. The number of allylic oxidation sites excluding steroid dienone is 3. The standard InChI is InChI=1S/C16H13NO/c18-16(17-15-7-3-4-8-15)14-10-9-12-5-1-2-6-13(12)11-14/h1-7,9-11H,8H2,(H,17,18). The Kier molecular flexibility index (Phi) is 2.69. The first-order valence-electron chi connectivity index (χ1n) is 5.99. The summed E-state index contributed by atoms with van der Waals surface area (Å²) >= 11 is 0. The smallest absolute Gasteiger partial charge is 0.255 e. The van der Waals surface area contributed by atoms with E-state index in [1.165, 1.54) is 0 Å². The van der Waals surface area contributed by atoms with Crippen LogP contribution in [0.15, 0.2) is 66.4 Å². The summed E-state index contributed by atoms with van der Waals surface area (Å²) < 4.78 is 0. The number of hydrogen-bond donors (Lipinski definition) is 1. The van der Waals surface area contributed by atoms with Crippen molar-refractivity contribution >= 4 is 16.7 Å². The van der Waals surface area contributed by atoms with Gasteiger partial charge in [-0.05, 0) is 29.0 Å². The second kappa shape index (κ2) is 4.49.